The van der Waals surface area contributed by atoms with Gasteiger partial charge < -0.3 is 15.0 Å². The summed E-state index contributed by atoms with van der Waals surface area (Å²) in [6, 6.07) is 19.4. The normalized spacial score (nSPS) is 20.6. The van der Waals surface area contributed by atoms with Crippen LogP contribution in [0.4, 0.5) is 11.4 Å². The molecule has 0 aliphatic carbocycles. The molecule has 0 saturated carbocycles. The topological polar surface area (TPSA) is 44.8 Å². The minimum Gasteiger partial charge on any atom is -0.370 e. The van der Waals surface area contributed by atoms with Crippen LogP contribution in [-0.2, 0) is 16.1 Å². The van der Waals surface area contributed by atoms with E-state index in [1.165, 1.54) is 16.9 Å². The van der Waals surface area contributed by atoms with E-state index in [0.29, 0.717) is 6.54 Å². The first-order valence-corrected chi connectivity index (χ1v) is 12.0. The third kappa shape index (κ3) is 5.51. The number of nitrogens with zero attached hydrogens (tertiary/aromatic N) is 2. The molecule has 0 bridgehead atoms. The number of carbonyl (C=O) groups excluding carboxylic acids is 1. The van der Waals surface area contributed by atoms with Crippen LogP contribution < -0.4 is 10.2 Å². The van der Waals surface area contributed by atoms with Crippen LogP contribution in [0.3, 0.4) is 0 Å². The van der Waals surface area contributed by atoms with Crippen LogP contribution in [0, 0.1) is 5.92 Å². The Bertz CT molecular complexity index is 874. The number of ether oxygens (including phenoxy) is 1. The van der Waals surface area contributed by atoms with Gasteiger partial charge >= 0.3 is 0 Å². The molecule has 172 valence electrons. The number of rotatable bonds is 7. The molecular weight excluding hydrogens is 398 g/mol. The molecule has 1 N–H and O–H groups in total. The highest BCUT2D eigenvalue weighted by atomic mass is 16.5. The molecule has 2 saturated heterocycles. The molecule has 2 heterocycles. The zero-order valence-corrected chi connectivity index (χ0v) is 19.7. The Labute approximate surface area is 192 Å². The van der Waals surface area contributed by atoms with Crippen LogP contribution >= 0.6 is 0 Å². The molecule has 2 aliphatic heterocycles. The molecular formula is C27H37N3O2. The number of benzene rings is 2. The average molecular weight is 436 g/mol. The molecule has 5 heteroatoms. The SMILES string of the molecule is CC(C)C(=O)NC[C@@H]1CCC2(CCN(Cc3ccc(N(C)c4ccccc4)cc3)CC2)O1. The quantitative estimate of drug-likeness (QED) is 0.682. The van der Waals surface area contributed by atoms with E-state index in [9.17, 15) is 4.79 Å². The van der Waals surface area contributed by atoms with Crippen molar-refractivity contribution in [3.63, 3.8) is 0 Å². The number of para-hydroxylation sites is 1. The molecule has 2 fully saturated rings. The van der Waals surface area contributed by atoms with Crippen molar-refractivity contribution in [1.29, 1.82) is 0 Å². The number of piperidine rings is 1. The molecule has 2 aromatic rings. The highest BCUT2D eigenvalue weighted by Gasteiger charge is 2.42. The predicted molar refractivity (Wildman–Crippen MR) is 130 cm³/mol. The van der Waals surface area contributed by atoms with Crippen LogP contribution in [0.1, 0.15) is 45.1 Å². The van der Waals surface area contributed by atoms with Crippen molar-refractivity contribution < 1.29 is 9.53 Å². The molecule has 0 unspecified atom stereocenters. The largest absolute Gasteiger partial charge is 0.370 e. The Morgan fingerprint density at radius 1 is 1.06 bits per heavy atom. The van der Waals surface area contributed by atoms with Crippen LogP contribution in [0.5, 0.6) is 0 Å². The zero-order valence-electron chi connectivity index (χ0n) is 19.7. The lowest BCUT2D eigenvalue weighted by atomic mass is 9.88. The lowest BCUT2D eigenvalue weighted by molar-refractivity contribution is -0.125. The Hall–Kier alpha value is -2.37. The number of carbonyl (C=O) groups is 1. The van der Waals surface area contributed by atoms with Gasteiger partial charge in [0.05, 0.1) is 11.7 Å². The smallest absolute Gasteiger partial charge is 0.222 e. The van der Waals surface area contributed by atoms with Gasteiger partial charge in [0, 0.05) is 50.5 Å². The second kappa shape index (κ2) is 10.1. The Morgan fingerprint density at radius 2 is 1.72 bits per heavy atom. The summed E-state index contributed by atoms with van der Waals surface area (Å²) in [6.07, 6.45) is 4.49. The maximum absolute atomic E-state index is 11.8. The van der Waals surface area contributed by atoms with Gasteiger partial charge in [0.2, 0.25) is 5.91 Å². The highest BCUT2D eigenvalue weighted by Crippen LogP contribution is 2.39. The minimum atomic E-state index is 0.0198. The monoisotopic (exact) mass is 435 g/mol. The molecule has 1 amide bonds. The van der Waals surface area contributed by atoms with Crippen molar-refractivity contribution in [3.8, 4) is 0 Å². The number of likely N-dealkylation sites (tertiary alicyclic amines) is 1. The summed E-state index contributed by atoms with van der Waals surface area (Å²) in [7, 11) is 2.11. The molecule has 4 rings (SSSR count). The minimum absolute atomic E-state index is 0.0198. The van der Waals surface area contributed by atoms with E-state index in [1.807, 2.05) is 19.9 Å². The van der Waals surface area contributed by atoms with E-state index in [1.54, 1.807) is 0 Å². The lowest BCUT2D eigenvalue weighted by Crippen LogP contribution is -2.45. The predicted octanol–water partition coefficient (Wildman–Crippen LogP) is 4.74. The number of hydrogen-bond donors (Lipinski definition) is 1. The van der Waals surface area contributed by atoms with Crippen molar-refractivity contribution in [3.05, 3.63) is 60.2 Å². The van der Waals surface area contributed by atoms with Gasteiger partial charge in [-0.1, -0.05) is 44.2 Å². The fourth-order valence-electron chi connectivity index (χ4n) is 4.83. The molecule has 5 nitrogen and oxygen atoms in total. The molecule has 0 aromatic heterocycles. The van der Waals surface area contributed by atoms with E-state index in [-0.39, 0.29) is 23.5 Å². The first-order valence-electron chi connectivity index (χ1n) is 12.0. The van der Waals surface area contributed by atoms with E-state index < -0.39 is 0 Å². The lowest BCUT2D eigenvalue weighted by Gasteiger charge is -2.39. The van der Waals surface area contributed by atoms with E-state index in [4.69, 9.17) is 4.74 Å². The summed E-state index contributed by atoms with van der Waals surface area (Å²) < 4.78 is 6.46. The van der Waals surface area contributed by atoms with Crippen LogP contribution in [0.2, 0.25) is 0 Å². The summed E-state index contributed by atoms with van der Waals surface area (Å²) >= 11 is 0. The third-order valence-corrected chi connectivity index (χ3v) is 7.01. The standard InChI is InChI=1S/C27H37N3O2/c1-21(2)26(31)28-19-25-13-14-27(32-25)15-17-30(18-16-27)20-22-9-11-24(12-10-22)29(3)23-7-5-4-6-8-23/h4-12,21,25H,13-20H2,1-3H3,(H,28,31)/t25-/m0/s1. The summed E-state index contributed by atoms with van der Waals surface area (Å²) in [4.78, 5) is 16.6. The highest BCUT2D eigenvalue weighted by molar-refractivity contribution is 5.77. The van der Waals surface area contributed by atoms with Gasteiger partial charge in [0.15, 0.2) is 0 Å². The van der Waals surface area contributed by atoms with Gasteiger partial charge in [-0.3, -0.25) is 9.69 Å². The number of anilines is 2. The molecule has 32 heavy (non-hydrogen) atoms. The van der Waals surface area contributed by atoms with Crippen molar-refractivity contribution in [1.82, 2.24) is 10.2 Å². The molecule has 0 radical (unpaired) electrons. The van der Waals surface area contributed by atoms with Crippen LogP contribution in [-0.4, -0.2) is 49.2 Å². The Morgan fingerprint density at radius 3 is 2.38 bits per heavy atom. The second-order valence-electron chi connectivity index (χ2n) is 9.70. The number of amides is 1. The van der Waals surface area contributed by atoms with Gasteiger partial charge in [-0.15, -0.1) is 0 Å². The Balaban J connectivity index is 1.24. The van der Waals surface area contributed by atoms with Crippen LogP contribution in [0.25, 0.3) is 0 Å². The number of nitrogens with one attached hydrogen (secondary N) is 1. The summed E-state index contributed by atoms with van der Waals surface area (Å²) in [5, 5.41) is 3.03. The van der Waals surface area contributed by atoms with Gasteiger partial charge in [-0.2, -0.15) is 0 Å². The second-order valence-corrected chi connectivity index (χ2v) is 9.70. The van der Waals surface area contributed by atoms with Crippen molar-refractivity contribution in [2.75, 3.05) is 31.6 Å². The van der Waals surface area contributed by atoms with E-state index in [2.05, 4.69) is 70.7 Å². The fraction of sp³-hybridized carbons (Fsp3) is 0.519. The first-order chi connectivity index (χ1) is 15.4. The summed E-state index contributed by atoms with van der Waals surface area (Å²) in [5.74, 6) is 0.145. The molecule has 1 atom stereocenters. The molecule has 1 spiro atoms. The maximum Gasteiger partial charge on any atom is 0.222 e. The number of hydrogen-bond acceptors (Lipinski definition) is 4. The van der Waals surface area contributed by atoms with E-state index in [0.717, 1.165) is 45.3 Å². The van der Waals surface area contributed by atoms with Gasteiger partial charge in [-0.05, 0) is 55.5 Å². The van der Waals surface area contributed by atoms with Crippen molar-refractivity contribution >= 4 is 17.3 Å². The fourth-order valence-corrected chi connectivity index (χ4v) is 4.83. The average Bonchev–Trinajstić information content (AvgIpc) is 3.22. The molecule has 2 aliphatic rings. The van der Waals surface area contributed by atoms with Gasteiger partial charge in [0.25, 0.3) is 0 Å². The Kier molecular flexibility index (Phi) is 7.17. The first kappa shape index (κ1) is 22.8. The van der Waals surface area contributed by atoms with Crippen LogP contribution in [0.15, 0.2) is 54.6 Å². The van der Waals surface area contributed by atoms with Crippen molar-refractivity contribution in [2.24, 2.45) is 5.92 Å². The maximum atomic E-state index is 11.8. The van der Waals surface area contributed by atoms with E-state index >= 15 is 0 Å². The third-order valence-electron chi connectivity index (χ3n) is 7.01. The van der Waals surface area contributed by atoms with Gasteiger partial charge in [-0.25, -0.2) is 0 Å². The molecule has 2 aromatic carbocycles. The van der Waals surface area contributed by atoms with Gasteiger partial charge in [0.1, 0.15) is 0 Å². The zero-order chi connectivity index (χ0) is 22.6. The summed E-state index contributed by atoms with van der Waals surface area (Å²) in [6.45, 7) is 7.62. The van der Waals surface area contributed by atoms with Crippen molar-refractivity contribution in [2.45, 2.75) is 57.8 Å². The summed E-state index contributed by atoms with van der Waals surface area (Å²) in [5.41, 5.74) is 3.77.